The van der Waals surface area contributed by atoms with Crippen molar-refractivity contribution in [2.75, 3.05) is 0 Å². The smallest absolute Gasteiger partial charge is 0.102 e. The Morgan fingerprint density at radius 3 is 1.29 bits per heavy atom. The number of benzene rings is 9. The fourth-order valence-corrected chi connectivity index (χ4v) is 8.98. The van der Waals surface area contributed by atoms with E-state index in [2.05, 4.69) is 167 Å². The molecule has 0 saturated heterocycles. The van der Waals surface area contributed by atoms with Crippen LogP contribution in [0.4, 0.5) is 0 Å². The summed E-state index contributed by atoms with van der Waals surface area (Å²) in [5, 5.41) is 33.6. The maximum absolute atomic E-state index is 11.1. The third kappa shape index (κ3) is 3.61. The molecule has 0 fully saturated rings. The summed E-state index contributed by atoms with van der Waals surface area (Å²) < 4.78 is 4.68. The quantitative estimate of drug-likeness (QED) is 0.149. The first-order valence-corrected chi connectivity index (χ1v) is 17.5. The molecule has 4 nitrogen and oxygen atoms in total. The van der Waals surface area contributed by atoms with E-state index in [1.165, 1.54) is 38.5 Å². The van der Waals surface area contributed by atoms with E-state index in [0.717, 1.165) is 65.8 Å². The molecular weight excluding hydrogens is 633 g/mol. The van der Waals surface area contributed by atoms with Crippen LogP contribution in [0.3, 0.4) is 0 Å². The molecule has 1 N–H and O–H groups in total. The largest absolute Gasteiger partial charge is 0.308 e. The summed E-state index contributed by atoms with van der Waals surface area (Å²) >= 11 is 0. The van der Waals surface area contributed by atoms with Gasteiger partial charge in [-0.05, 0) is 56.6 Å². The molecule has 2 heterocycles. The van der Waals surface area contributed by atoms with Gasteiger partial charge < -0.3 is 14.5 Å². The fraction of sp³-hybridized carbons (Fsp3) is 0. The number of rotatable bonds is 3. The van der Waals surface area contributed by atoms with E-state index in [9.17, 15) is 5.26 Å². The number of fused-ring (bicyclic) bond motifs is 16. The van der Waals surface area contributed by atoms with E-state index >= 15 is 0 Å². The highest BCUT2D eigenvalue weighted by atomic mass is 15.1. The summed E-state index contributed by atoms with van der Waals surface area (Å²) in [6.45, 7) is 0. The zero-order chi connectivity index (χ0) is 34.5. The Kier molecular flexibility index (Phi) is 5.85. The molecule has 0 aliphatic carbocycles. The molecule has 0 unspecified atom stereocenters. The predicted molar refractivity (Wildman–Crippen MR) is 218 cm³/mol. The van der Waals surface area contributed by atoms with E-state index in [0.29, 0.717) is 11.1 Å². The molecule has 11 rings (SSSR count). The average Bonchev–Trinajstić information content (AvgIpc) is 3.75. The highest BCUT2D eigenvalue weighted by Crippen LogP contribution is 2.47. The summed E-state index contributed by atoms with van der Waals surface area (Å²) in [7, 11) is 0. The molecular formula is C48H28N4. The standard InChI is InChI=1S/C48H28N4/c49-27-29-25-26-43(51-41-23-11-9-21-38(41)44-34-17-5-1-13-30(34)32-15-3-7-19-36(32)47(44)51)46(40(29)28-50)52-42-24-12-10-22-39(42)45-35-18-6-2-14-31(35)33-16-4-8-20-37(33)48(45)52/h1-27,49H. The zero-order valence-corrected chi connectivity index (χ0v) is 27.9. The van der Waals surface area contributed by atoms with Crippen molar-refractivity contribution >= 4 is 92.9 Å². The van der Waals surface area contributed by atoms with Crippen LogP contribution in [0.2, 0.25) is 0 Å². The molecule has 9 aromatic carbocycles. The fourth-order valence-electron chi connectivity index (χ4n) is 8.98. The van der Waals surface area contributed by atoms with Crippen molar-refractivity contribution in [1.82, 2.24) is 9.13 Å². The number of nitrogens with one attached hydrogen (secondary N) is 1. The van der Waals surface area contributed by atoms with E-state index in [4.69, 9.17) is 5.41 Å². The SMILES string of the molecule is N#Cc1c(C=N)ccc(-n2c3ccccc3c3c4ccccc4c4ccccc4c32)c1-n1c2ccccc2c2c3ccccc3c3ccccc3c21. The molecule has 4 heteroatoms. The van der Waals surface area contributed by atoms with Crippen molar-refractivity contribution in [3.63, 3.8) is 0 Å². The molecule has 0 radical (unpaired) electrons. The molecule has 11 aromatic rings. The lowest BCUT2D eigenvalue weighted by molar-refractivity contribution is 1.09. The molecule has 0 saturated carbocycles. The highest BCUT2D eigenvalue weighted by molar-refractivity contribution is 6.34. The van der Waals surface area contributed by atoms with Gasteiger partial charge in [-0.25, -0.2) is 0 Å². The zero-order valence-electron chi connectivity index (χ0n) is 27.9. The van der Waals surface area contributed by atoms with E-state index < -0.39 is 0 Å². The number of nitrogens with zero attached hydrogens (tertiary/aromatic N) is 3. The van der Waals surface area contributed by atoms with Gasteiger partial charge in [0.2, 0.25) is 0 Å². The van der Waals surface area contributed by atoms with E-state index in [1.807, 2.05) is 6.07 Å². The van der Waals surface area contributed by atoms with Crippen LogP contribution in [0.15, 0.2) is 158 Å². The maximum atomic E-state index is 11.1. The van der Waals surface area contributed by atoms with Gasteiger partial charge in [0.1, 0.15) is 6.07 Å². The van der Waals surface area contributed by atoms with Gasteiger partial charge in [-0.15, -0.1) is 0 Å². The lowest BCUT2D eigenvalue weighted by Crippen LogP contribution is -2.08. The summed E-state index contributed by atoms with van der Waals surface area (Å²) in [5.74, 6) is 0. The van der Waals surface area contributed by atoms with Crippen molar-refractivity contribution in [3.05, 3.63) is 169 Å². The minimum Gasteiger partial charge on any atom is -0.308 e. The van der Waals surface area contributed by atoms with Gasteiger partial charge in [0, 0.05) is 44.1 Å². The van der Waals surface area contributed by atoms with Gasteiger partial charge >= 0.3 is 0 Å². The lowest BCUT2D eigenvalue weighted by Gasteiger charge is -2.20. The van der Waals surface area contributed by atoms with E-state index in [1.54, 1.807) is 0 Å². The lowest BCUT2D eigenvalue weighted by atomic mass is 9.96. The molecule has 52 heavy (non-hydrogen) atoms. The van der Waals surface area contributed by atoms with Crippen molar-refractivity contribution in [2.24, 2.45) is 0 Å². The monoisotopic (exact) mass is 660 g/mol. The first-order chi connectivity index (χ1) is 25.8. The summed E-state index contributed by atoms with van der Waals surface area (Å²) in [4.78, 5) is 0. The molecule has 0 aliphatic heterocycles. The predicted octanol–water partition coefficient (Wildman–Crippen LogP) is 12.4. The molecule has 2 aromatic heterocycles. The number of hydrogen-bond acceptors (Lipinski definition) is 2. The van der Waals surface area contributed by atoms with Crippen LogP contribution in [-0.2, 0) is 0 Å². The van der Waals surface area contributed by atoms with Crippen LogP contribution in [0, 0.1) is 16.7 Å². The van der Waals surface area contributed by atoms with Gasteiger partial charge in [0.25, 0.3) is 0 Å². The summed E-state index contributed by atoms with van der Waals surface area (Å²) in [5.41, 5.74) is 6.89. The third-order valence-corrected chi connectivity index (χ3v) is 11.0. The van der Waals surface area contributed by atoms with Crippen LogP contribution in [0.25, 0.3) is 98.1 Å². The Bertz CT molecular complexity index is 3390. The third-order valence-electron chi connectivity index (χ3n) is 11.0. The number of hydrogen-bond donors (Lipinski definition) is 1. The Morgan fingerprint density at radius 1 is 0.423 bits per heavy atom. The van der Waals surface area contributed by atoms with Gasteiger partial charge in [0.05, 0.1) is 39.0 Å². The normalized spacial score (nSPS) is 11.9. The Balaban J connectivity index is 1.44. The topological polar surface area (TPSA) is 57.5 Å². The number of para-hydroxylation sites is 2. The van der Waals surface area contributed by atoms with Crippen molar-refractivity contribution in [1.29, 1.82) is 10.7 Å². The van der Waals surface area contributed by atoms with Crippen molar-refractivity contribution in [2.45, 2.75) is 0 Å². The first kappa shape index (κ1) is 28.6. The Morgan fingerprint density at radius 2 is 0.808 bits per heavy atom. The van der Waals surface area contributed by atoms with Crippen molar-refractivity contribution < 1.29 is 0 Å². The van der Waals surface area contributed by atoms with Gasteiger partial charge in [-0.1, -0.05) is 133 Å². The van der Waals surface area contributed by atoms with Crippen LogP contribution >= 0.6 is 0 Å². The Labute approximate surface area is 298 Å². The molecule has 0 atom stereocenters. The molecule has 0 bridgehead atoms. The van der Waals surface area contributed by atoms with Crippen LogP contribution in [0.5, 0.6) is 0 Å². The summed E-state index contributed by atoms with van der Waals surface area (Å²) in [6, 6.07) is 58.3. The average molecular weight is 661 g/mol. The molecule has 0 amide bonds. The first-order valence-electron chi connectivity index (χ1n) is 17.5. The second kappa shape index (κ2) is 10.6. The summed E-state index contributed by atoms with van der Waals surface area (Å²) in [6.07, 6.45) is 1.31. The molecule has 0 spiro atoms. The second-order valence-corrected chi connectivity index (χ2v) is 13.5. The Hall–Kier alpha value is -7.22. The van der Waals surface area contributed by atoms with Crippen LogP contribution < -0.4 is 0 Å². The maximum Gasteiger partial charge on any atom is 0.102 e. The van der Waals surface area contributed by atoms with Gasteiger partial charge in [-0.2, -0.15) is 5.26 Å². The minimum atomic E-state index is 0.461. The van der Waals surface area contributed by atoms with Gasteiger partial charge in [-0.3, -0.25) is 0 Å². The number of nitriles is 1. The number of aromatic nitrogens is 2. The van der Waals surface area contributed by atoms with Crippen LogP contribution in [0.1, 0.15) is 11.1 Å². The van der Waals surface area contributed by atoms with Crippen molar-refractivity contribution in [3.8, 4) is 17.4 Å². The molecule has 0 aliphatic rings. The van der Waals surface area contributed by atoms with Crippen LogP contribution in [-0.4, -0.2) is 15.3 Å². The minimum absolute atomic E-state index is 0.461. The van der Waals surface area contributed by atoms with Gasteiger partial charge in [0.15, 0.2) is 0 Å². The van der Waals surface area contributed by atoms with E-state index in [-0.39, 0.29) is 0 Å². The second-order valence-electron chi connectivity index (χ2n) is 13.5. The highest BCUT2D eigenvalue weighted by Gasteiger charge is 2.26. The molecule has 240 valence electrons.